The summed E-state index contributed by atoms with van der Waals surface area (Å²) in [6.45, 7) is 1.01. The molecule has 2 fully saturated rings. The molecular formula is C20H21FN6O4. The van der Waals surface area contributed by atoms with Gasteiger partial charge in [0.2, 0.25) is 0 Å². The number of carbonyl (C=O) groups excluding carboxylic acids is 1. The van der Waals surface area contributed by atoms with Crippen LogP contribution in [0.4, 0.5) is 20.7 Å². The second-order valence-corrected chi connectivity index (χ2v) is 7.64. The lowest BCUT2D eigenvalue weighted by Gasteiger charge is -2.47. The summed E-state index contributed by atoms with van der Waals surface area (Å²) in [7, 11) is 0. The van der Waals surface area contributed by atoms with Crippen LogP contribution < -0.4 is 11.1 Å². The molecule has 2 amide bonds. The minimum atomic E-state index is -1.08. The van der Waals surface area contributed by atoms with E-state index in [0.29, 0.717) is 25.3 Å². The number of hydrogen-bond donors (Lipinski definition) is 3. The maximum absolute atomic E-state index is 13.2. The molecule has 1 aromatic carbocycles. The number of nitrogens with zero attached hydrogens (tertiary/aromatic N) is 4. The number of benzene rings is 1. The maximum Gasteiger partial charge on any atom is 0.407 e. The van der Waals surface area contributed by atoms with Crippen molar-refractivity contribution in [2.45, 2.75) is 18.5 Å². The number of carbonyl (C=O) groups is 2. The second-order valence-electron chi connectivity index (χ2n) is 7.64. The van der Waals surface area contributed by atoms with Gasteiger partial charge >= 0.3 is 6.09 Å². The third kappa shape index (κ3) is 3.89. The number of halogens is 1. The quantitative estimate of drug-likeness (QED) is 0.659. The van der Waals surface area contributed by atoms with Gasteiger partial charge < -0.3 is 25.8 Å². The van der Waals surface area contributed by atoms with Crippen LogP contribution >= 0.6 is 0 Å². The molecule has 4 rings (SSSR count). The zero-order valence-electron chi connectivity index (χ0n) is 16.4. The van der Waals surface area contributed by atoms with E-state index in [1.165, 1.54) is 40.0 Å². The molecule has 0 bridgehead atoms. The molecule has 162 valence electrons. The molecule has 4 N–H and O–H groups in total. The van der Waals surface area contributed by atoms with E-state index in [-0.39, 0.29) is 23.8 Å². The zero-order chi connectivity index (χ0) is 22.1. The number of piperidine rings is 1. The molecular weight excluding hydrogens is 407 g/mol. The van der Waals surface area contributed by atoms with Crippen molar-refractivity contribution in [3.05, 3.63) is 41.8 Å². The van der Waals surface area contributed by atoms with Gasteiger partial charge in [0.15, 0.2) is 5.82 Å². The molecule has 3 atom stereocenters. The summed E-state index contributed by atoms with van der Waals surface area (Å²) in [6.07, 6.45) is 0.742. The second kappa shape index (κ2) is 8.23. The summed E-state index contributed by atoms with van der Waals surface area (Å²) < 4.78 is 19.9. The zero-order valence-corrected chi connectivity index (χ0v) is 16.4. The van der Waals surface area contributed by atoms with E-state index in [1.54, 1.807) is 0 Å². The average molecular weight is 428 g/mol. The Kier molecular flexibility index (Phi) is 5.48. The van der Waals surface area contributed by atoms with Gasteiger partial charge in [-0.2, -0.15) is 10.4 Å². The predicted molar refractivity (Wildman–Crippen MR) is 106 cm³/mol. The van der Waals surface area contributed by atoms with Gasteiger partial charge in [0.25, 0.3) is 5.91 Å². The van der Waals surface area contributed by atoms with Crippen LogP contribution in [0.15, 0.2) is 30.5 Å². The number of amides is 2. The smallest absolute Gasteiger partial charge is 0.407 e. The molecule has 2 saturated heterocycles. The first kappa shape index (κ1) is 20.6. The fourth-order valence-electron chi connectivity index (χ4n) is 4.21. The summed E-state index contributed by atoms with van der Waals surface area (Å²) in [5.74, 6) is -1.69. The number of ether oxygens (including phenoxy) is 1. The number of likely N-dealkylation sites (tertiary alicyclic amines) is 1. The number of aromatic nitrogens is 2. The Morgan fingerprint density at radius 1 is 1.32 bits per heavy atom. The van der Waals surface area contributed by atoms with Crippen LogP contribution in [-0.4, -0.2) is 57.6 Å². The summed E-state index contributed by atoms with van der Waals surface area (Å²) in [4.78, 5) is 25.0. The van der Waals surface area contributed by atoms with Crippen molar-refractivity contribution in [3.63, 3.8) is 0 Å². The highest BCUT2D eigenvalue weighted by Gasteiger charge is 2.47. The van der Waals surface area contributed by atoms with Crippen molar-refractivity contribution >= 4 is 23.5 Å². The summed E-state index contributed by atoms with van der Waals surface area (Å²) in [5, 5.41) is 26.9. The Balaban J connectivity index is 1.66. The molecule has 11 heteroatoms. The van der Waals surface area contributed by atoms with E-state index in [0.717, 1.165) is 0 Å². The van der Waals surface area contributed by atoms with E-state index in [1.807, 2.05) is 0 Å². The molecule has 0 aliphatic carbocycles. The van der Waals surface area contributed by atoms with E-state index in [4.69, 9.17) is 10.5 Å². The van der Waals surface area contributed by atoms with Crippen LogP contribution in [0.1, 0.15) is 22.8 Å². The molecule has 0 radical (unpaired) electrons. The van der Waals surface area contributed by atoms with Gasteiger partial charge in [-0.3, -0.25) is 9.48 Å². The molecule has 2 aliphatic heterocycles. The van der Waals surface area contributed by atoms with E-state index >= 15 is 0 Å². The van der Waals surface area contributed by atoms with Crippen LogP contribution in [0.5, 0.6) is 0 Å². The number of hydrogen-bond acceptors (Lipinski definition) is 6. The molecule has 10 nitrogen and oxygen atoms in total. The number of nitrogens with two attached hydrogens (primary N) is 1. The SMILES string of the molecule is N#C[C@H]1C(C2COC2)N(C(=O)O)CC[C@H]1n1cc(C(N)=O)c(Nc2ccc(F)cc2)n1. The first-order valence-electron chi connectivity index (χ1n) is 9.77. The third-order valence-corrected chi connectivity index (χ3v) is 5.79. The van der Waals surface area contributed by atoms with Crippen LogP contribution in [-0.2, 0) is 4.74 Å². The molecule has 3 heterocycles. The Hall–Kier alpha value is -3.65. The summed E-state index contributed by atoms with van der Waals surface area (Å²) in [6, 6.07) is 6.78. The van der Waals surface area contributed by atoms with Crippen LogP contribution in [0.2, 0.25) is 0 Å². The van der Waals surface area contributed by atoms with Crippen LogP contribution in [0, 0.1) is 29.0 Å². The largest absolute Gasteiger partial charge is 0.465 e. The van der Waals surface area contributed by atoms with Gasteiger partial charge in [-0.1, -0.05) is 0 Å². The van der Waals surface area contributed by atoms with Crippen molar-refractivity contribution in [1.82, 2.24) is 14.7 Å². The lowest BCUT2D eigenvalue weighted by molar-refractivity contribution is -0.0923. The standard InChI is InChI=1S/C20H21FN6O4/c21-12-1-3-13(4-2-12)24-19-15(18(23)28)8-27(25-19)16-5-6-26(20(29)30)17(14(16)7-22)11-9-31-10-11/h1-4,8,11,14,16-17H,5-6,9-10H2,(H2,23,28)(H,24,25)(H,29,30)/t14-,16-,17?/m1/s1. The lowest BCUT2D eigenvalue weighted by Crippen LogP contribution is -2.58. The number of rotatable bonds is 5. The lowest BCUT2D eigenvalue weighted by atomic mass is 9.78. The number of carboxylic acid groups (broad SMARTS) is 1. The molecule has 1 unspecified atom stereocenters. The predicted octanol–water partition coefficient (Wildman–Crippen LogP) is 1.94. The Bertz CT molecular complexity index is 1030. The first-order chi connectivity index (χ1) is 14.9. The third-order valence-electron chi connectivity index (χ3n) is 5.79. The maximum atomic E-state index is 13.2. The number of nitriles is 1. The Labute approximate surface area is 177 Å². The highest BCUT2D eigenvalue weighted by molar-refractivity contribution is 5.98. The fraction of sp³-hybridized carbons (Fsp3) is 0.400. The highest BCUT2D eigenvalue weighted by Crippen LogP contribution is 2.39. The molecule has 0 saturated carbocycles. The Morgan fingerprint density at radius 2 is 2.03 bits per heavy atom. The Morgan fingerprint density at radius 3 is 2.58 bits per heavy atom. The first-order valence-corrected chi connectivity index (χ1v) is 9.77. The number of anilines is 2. The van der Waals surface area contributed by atoms with E-state index < -0.39 is 35.8 Å². The van der Waals surface area contributed by atoms with Crippen molar-refractivity contribution in [2.24, 2.45) is 17.6 Å². The summed E-state index contributed by atoms with van der Waals surface area (Å²) >= 11 is 0. The van der Waals surface area contributed by atoms with Crippen LogP contribution in [0.25, 0.3) is 0 Å². The topological polar surface area (TPSA) is 146 Å². The van der Waals surface area contributed by atoms with Crippen LogP contribution in [0.3, 0.4) is 0 Å². The van der Waals surface area contributed by atoms with Crippen molar-refractivity contribution in [2.75, 3.05) is 25.1 Å². The molecule has 2 aliphatic rings. The molecule has 1 aromatic heterocycles. The van der Waals surface area contributed by atoms with Gasteiger partial charge in [-0.15, -0.1) is 0 Å². The summed E-state index contributed by atoms with van der Waals surface area (Å²) in [5.41, 5.74) is 6.14. The van der Waals surface area contributed by atoms with E-state index in [9.17, 15) is 24.3 Å². The minimum Gasteiger partial charge on any atom is -0.465 e. The molecule has 0 spiro atoms. The van der Waals surface area contributed by atoms with Gasteiger partial charge in [-0.05, 0) is 30.7 Å². The molecule has 2 aromatic rings. The normalized spacial score (nSPS) is 23.6. The fourth-order valence-corrected chi connectivity index (χ4v) is 4.21. The van der Waals surface area contributed by atoms with Crippen molar-refractivity contribution in [1.29, 1.82) is 5.26 Å². The van der Waals surface area contributed by atoms with Crippen molar-refractivity contribution < 1.29 is 23.8 Å². The van der Waals surface area contributed by atoms with E-state index in [2.05, 4.69) is 16.5 Å². The van der Waals surface area contributed by atoms with Gasteiger partial charge in [0.05, 0.1) is 37.3 Å². The van der Waals surface area contributed by atoms with Crippen molar-refractivity contribution in [3.8, 4) is 6.07 Å². The molecule has 31 heavy (non-hydrogen) atoms. The number of nitrogens with one attached hydrogen (secondary N) is 1. The minimum absolute atomic E-state index is 0.0773. The van der Waals surface area contributed by atoms with Gasteiger partial charge in [0.1, 0.15) is 11.4 Å². The van der Waals surface area contributed by atoms with Gasteiger partial charge in [0, 0.05) is 24.3 Å². The van der Waals surface area contributed by atoms with Gasteiger partial charge in [-0.25, -0.2) is 9.18 Å². The highest BCUT2D eigenvalue weighted by atomic mass is 19.1. The number of primary amides is 1. The average Bonchev–Trinajstić information content (AvgIpc) is 3.11. The monoisotopic (exact) mass is 428 g/mol.